The summed E-state index contributed by atoms with van der Waals surface area (Å²) in [7, 11) is 0. The van der Waals surface area contributed by atoms with E-state index in [4.69, 9.17) is 11.6 Å². The number of fused-ring (bicyclic) bond motifs is 3. The molecule has 2 aliphatic heterocycles. The summed E-state index contributed by atoms with van der Waals surface area (Å²) >= 11 is 6.31. The third-order valence-electron chi connectivity index (χ3n) is 4.26. The van der Waals surface area contributed by atoms with Gasteiger partial charge in [0.25, 0.3) is 0 Å². The highest BCUT2D eigenvalue weighted by molar-refractivity contribution is 6.20. The second kappa shape index (κ2) is 4.30. The summed E-state index contributed by atoms with van der Waals surface area (Å²) in [6, 6.07) is 8.86. The molecular formula is C14H15ClN4. The average Bonchev–Trinajstić information content (AvgIpc) is 2.70. The standard InChI is InChI=1S/C14H15ClN4/c15-9-7-10-5-6-11(8-9)19(10)14-16-12-3-1-2-4-13(12)17-18-14/h1-4,9-11H,5-8H2. The molecule has 19 heavy (non-hydrogen) atoms. The minimum atomic E-state index is 0.308. The lowest BCUT2D eigenvalue weighted by Gasteiger charge is -2.36. The molecule has 0 N–H and O–H groups in total. The highest BCUT2D eigenvalue weighted by atomic mass is 35.5. The maximum Gasteiger partial charge on any atom is 0.246 e. The van der Waals surface area contributed by atoms with E-state index >= 15 is 0 Å². The van der Waals surface area contributed by atoms with E-state index in [0.717, 1.165) is 29.8 Å². The average molecular weight is 275 g/mol. The first-order valence-electron chi connectivity index (χ1n) is 6.83. The number of rotatable bonds is 1. The van der Waals surface area contributed by atoms with Gasteiger partial charge in [0.2, 0.25) is 5.95 Å². The predicted octanol–water partition coefficient (Wildman–Crippen LogP) is 2.76. The van der Waals surface area contributed by atoms with Gasteiger partial charge in [0.15, 0.2) is 0 Å². The highest BCUT2D eigenvalue weighted by Gasteiger charge is 2.41. The number of halogens is 1. The SMILES string of the molecule is ClC1CC2CCC(C1)N2c1nnc2ccccc2n1. The monoisotopic (exact) mass is 274 g/mol. The molecule has 4 nitrogen and oxygen atoms in total. The number of hydrogen-bond donors (Lipinski definition) is 0. The van der Waals surface area contributed by atoms with Crippen molar-refractivity contribution in [3.8, 4) is 0 Å². The van der Waals surface area contributed by atoms with Crippen LogP contribution in [0.4, 0.5) is 5.95 Å². The van der Waals surface area contributed by atoms with Crippen molar-refractivity contribution in [3.05, 3.63) is 24.3 Å². The molecule has 5 heteroatoms. The fourth-order valence-corrected chi connectivity index (χ4v) is 3.83. The molecule has 2 atom stereocenters. The summed E-state index contributed by atoms with van der Waals surface area (Å²) in [5.74, 6) is 0.773. The van der Waals surface area contributed by atoms with Gasteiger partial charge < -0.3 is 4.90 Å². The number of alkyl halides is 1. The molecule has 0 amide bonds. The van der Waals surface area contributed by atoms with Gasteiger partial charge in [-0.05, 0) is 37.8 Å². The van der Waals surface area contributed by atoms with Crippen LogP contribution < -0.4 is 4.90 Å². The number of nitrogens with zero attached hydrogens (tertiary/aromatic N) is 4. The molecule has 2 bridgehead atoms. The molecule has 0 radical (unpaired) electrons. The van der Waals surface area contributed by atoms with Gasteiger partial charge in [-0.2, -0.15) is 0 Å². The number of hydrogen-bond acceptors (Lipinski definition) is 4. The second-order valence-electron chi connectivity index (χ2n) is 5.46. The maximum absolute atomic E-state index is 6.31. The van der Waals surface area contributed by atoms with E-state index < -0.39 is 0 Å². The van der Waals surface area contributed by atoms with Gasteiger partial charge in [0, 0.05) is 17.5 Å². The first-order chi connectivity index (χ1) is 9.31. The van der Waals surface area contributed by atoms with Crippen molar-refractivity contribution in [2.75, 3.05) is 4.90 Å². The molecule has 2 unspecified atom stereocenters. The van der Waals surface area contributed by atoms with Crippen LogP contribution in [0.2, 0.25) is 0 Å². The van der Waals surface area contributed by atoms with E-state index in [1.807, 2.05) is 24.3 Å². The quantitative estimate of drug-likeness (QED) is 0.750. The molecule has 3 heterocycles. The predicted molar refractivity (Wildman–Crippen MR) is 75.5 cm³/mol. The van der Waals surface area contributed by atoms with Crippen molar-refractivity contribution in [2.45, 2.75) is 43.1 Å². The number of para-hydroxylation sites is 1. The lowest BCUT2D eigenvalue weighted by molar-refractivity contribution is 0.465. The van der Waals surface area contributed by atoms with E-state index in [2.05, 4.69) is 20.1 Å². The first kappa shape index (κ1) is 11.4. The summed E-state index contributed by atoms with van der Waals surface area (Å²) in [6.07, 6.45) is 4.47. The summed E-state index contributed by atoms with van der Waals surface area (Å²) in [4.78, 5) is 7.02. The van der Waals surface area contributed by atoms with Crippen LogP contribution in [-0.2, 0) is 0 Å². The number of benzene rings is 1. The van der Waals surface area contributed by atoms with Crippen molar-refractivity contribution in [1.82, 2.24) is 15.2 Å². The molecule has 2 fully saturated rings. The van der Waals surface area contributed by atoms with E-state index in [1.165, 1.54) is 12.8 Å². The zero-order valence-electron chi connectivity index (χ0n) is 10.5. The van der Waals surface area contributed by atoms with Gasteiger partial charge in [-0.3, -0.25) is 0 Å². The van der Waals surface area contributed by atoms with Crippen molar-refractivity contribution in [2.24, 2.45) is 0 Å². The molecule has 98 valence electrons. The van der Waals surface area contributed by atoms with Crippen molar-refractivity contribution >= 4 is 28.6 Å². The summed E-state index contributed by atoms with van der Waals surface area (Å²) < 4.78 is 0. The molecule has 1 aromatic heterocycles. The Morgan fingerprint density at radius 2 is 1.68 bits per heavy atom. The summed E-state index contributed by atoms with van der Waals surface area (Å²) in [5, 5.41) is 8.91. The zero-order chi connectivity index (χ0) is 12.8. The van der Waals surface area contributed by atoms with Crippen LogP contribution in [0, 0.1) is 0 Å². The van der Waals surface area contributed by atoms with Gasteiger partial charge in [-0.25, -0.2) is 4.98 Å². The van der Waals surface area contributed by atoms with Gasteiger partial charge in [0.1, 0.15) is 5.52 Å². The van der Waals surface area contributed by atoms with Crippen LogP contribution in [0.15, 0.2) is 24.3 Å². The number of piperidine rings is 1. The molecule has 2 aliphatic rings. The van der Waals surface area contributed by atoms with Gasteiger partial charge in [-0.15, -0.1) is 21.8 Å². The van der Waals surface area contributed by atoms with Gasteiger partial charge in [0.05, 0.1) is 5.52 Å². The molecule has 0 aliphatic carbocycles. The second-order valence-corrected chi connectivity index (χ2v) is 6.08. The van der Waals surface area contributed by atoms with Crippen LogP contribution in [-0.4, -0.2) is 32.6 Å². The highest BCUT2D eigenvalue weighted by Crippen LogP contribution is 2.39. The molecule has 1 aromatic carbocycles. The fourth-order valence-electron chi connectivity index (χ4n) is 3.42. The first-order valence-corrected chi connectivity index (χ1v) is 7.27. The Kier molecular flexibility index (Phi) is 2.58. The van der Waals surface area contributed by atoms with Crippen LogP contribution in [0.3, 0.4) is 0 Å². The fraction of sp³-hybridized carbons (Fsp3) is 0.500. The van der Waals surface area contributed by atoms with E-state index in [1.54, 1.807) is 0 Å². The maximum atomic E-state index is 6.31. The summed E-state index contributed by atoms with van der Waals surface area (Å²) in [6.45, 7) is 0. The third-order valence-corrected chi connectivity index (χ3v) is 4.61. The Morgan fingerprint density at radius 1 is 1.00 bits per heavy atom. The Bertz CT molecular complexity index is 603. The van der Waals surface area contributed by atoms with Crippen LogP contribution in [0.25, 0.3) is 11.0 Å². The lowest BCUT2D eigenvalue weighted by atomic mass is 10.0. The number of aromatic nitrogens is 3. The Balaban J connectivity index is 1.74. The Hall–Kier alpha value is -1.42. The minimum absolute atomic E-state index is 0.308. The van der Waals surface area contributed by atoms with Crippen molar-refractivity contribution in [3.63, 3.8) is 0 Å². The van der Waals surface area contributed by atoms with E-state index in [-0.39, 0.29) is 0 Å². The van der Waals surface area contributed by atoms with Crippen LogP contribution >= 0.6 is 11.6 Å². The molecule has 4 rings (SSSR count). The molecular weight excluding hydrogens is 260 g/mol. The molecule has 0 spiro atoms. The number of anilines is 1. The van der Waals surface area contributed by atoms with Crippen LogP contribution in [0.5, 0.6) is 0 Å². The van der Waals surface area contributed by atoms with Gasteiger partial charge in [-0.1, -0.05) is 12.1 Å². The smallest absolute Gasteiger partial charge is 0.246 e. The molecule has 0 saturated carbocycles. The van der Waals surface area contributed by atoms with E-state index in [9.17, 15) is 0 Å². The third kappa shape index (κ3) is 1.86. The zero-order valence-corrected chi connectivity index (χ0v) is 11.3. The minimum Gasteiger partial charge on any atom is -0.333 e. The Morgan fingerprint density at radius 3 is 2.42 bits per heavy atom. The summed E-state index contributed by atoms with van der Waals surface area (Å²) in [5.41, 5.74) is 1.77. The topological polar surface area (TPSA) is 41.9 Å². The van der Waals surface area contributed by atoms with Crippen molar-refractivity contribution < 1.29 is 0 Å². The normalized spacial score (nSPS) is 29.9. The van der Waals surface area contributed by atoms with E-state index in [0.29, 0.717) is 17.5 Å². The van der Waals surface area contributed by atoms with Crippen molar-refractivity contribution in [1.29, 1.82) is 0 Å². The van der Waals surface area contributed by atoms with Crippen LogP contribution in [0.1, 0.15) is 25.7 Å². The largest absolute Gasteiger partial charge is 0.333 e. The molecule has 2 aromatic rings. The van der Waals surface area contributed by atoms with Gasteiger partial charge >= 0.3 is 0 Å². The lowest BCUT2D eigenvalue weighted by Crippen LogP contribution is -2.44. The Labute approximate surface area is 116 Å². The molecule has 2 saturated heterocycles.